The molecule has 2 rings (SSSR count). The van der Waals surface area contributed by atoms with E-state index in [0.717, 1.165) is 29.1 Å². The number of nitrogens with zero attached hydrogens (tertiary/aromatic N) is 1. The van der Waals surface area contributed by atoms with E-state index in [1.807, 2.05) is 48.0 Å². The van der Waals surface area contributed by atoms with E-state index in [1.165, 1.54) is 0 Å². The van der Waals surface area contributed by atoms with Gasteiger partial charge in [-0.2, -0.15) is 11.8 Å². The molecule has 0 bridgehead atoms. The van der Waals surface area contributed by atoms with Crippen molar-refractivity contribution >= 4 is 29.3 Å². The number of alkyl halides is 1. The molecule has 1 aromatic rings. The summed E-state index contributed by atoms with van der Waals surface area (Å²) in [7, 11) is 1.90. The Morgan fingerprint density at radius 2 is 2.18 bits per heavy atom. The van der Waals surface area contributed by atoms with E-state index in [0.29, 0.717) is 11.9 Å². The molecule has 2 nitrogen and oxygen atoms in total. The molecule has 0 spiro atoms. The van der Waals surface area contributed by atoms with Crippen LogP contribution >= 0.6 is 23.4 Å². The van der Waals surface area contributed by atoms with Gasteiger partial charge < -0.3 is 4.90 Å². The summed E-state index contributed by atoms with van der Waals surface area (Å²) in [5.74, 6) is 2.82. The van der Waals surface area contributed by atoms with Crippen LogP contribution in [-0.2, 0) is 5.88 Å². The Morgan fingerprint density at radius 1 is 1.47 bits per heavy atom. The Balaban J connectivity index is 2.07. The highest BCUT2D eigenvalue weighted by Crippen LogP contribution is 2.22. The van der Waals surface area contributed by atoms with E-state index in [2.05, 4.69) is 0 Å². The van der Waals surface area contributed by atoms with Crippen molar-refractivity contribution in [2.75, 3.05) is 18.6 Å². The van der Waals surface area contributed by atoms with Crippen molar-refractivity contribution < 1.29 is 4.79 Å². The number of carbonyl (C=O) groups excluding carboxylic acids is 1. The fourth-order valence-corrected chi connectivity index (χ4v) is 3.38. The van der Waals surface area contributed by atoms with Crippen molar-refractivity contribution in [1.82, 2.24) is 4.90 Å². The topological polar surface area (TPSA) is 20.3 Å². The zero-order valence-electron chi connectivity index (χ0n) is 9.86. The van der Waals surface area contributed by atoms with Crippen molar-refractivity contribution in [2.45, 2.75) is 18.3 Å². The lowest BCUT2D eigenvalue weighted by atomic mass is 10.1. The summed E-state index contributed by atoms with van der Waals surface area (Å²) in [6.45, 7) is 0. The predicted octanol–water partition coefficient (Wildman–Crippen LogP) is 3.00. The van der Waals surface area contributed by atoms with Crippen LogP contribution in [0.5, 0.6) is 0 Å². The Bertz CT molecular complexity index is 387. The van der Waals surface area contributed by atoms with Gasteiger partial charge in [-0.15, -0.1) is 11.6 Å². The highest BCUT2D eigenvalue weighted by atomic mass is 35.5. The van der Waals surface area contributed by atoms with Gasteiger partial charge in [0.25, 0.3) is 5.91 Å². The average Bonchev–Trinajstić information content (AvgIpc) is 2.91. The summed E-state index contributed by atoms with van der Waals surface area (Å²) in [6, 6.07) is 7.94. The van der Waals surface area contributed by atoms with Crippen molar-refractivity contribution in [3.8, 4) is 0 Å². The summed E-state index contributed by atoms with van der Waals surface area (Å²) in [5.41, 5.74) is 1.79. The molecular weight excluding hydrogens is 254 g/mol. The quantitative estimate of drug-likeness (QED) is 0.787. The molecule has 92 valence electrons. The van der Waals surface area contributed by atoms with Gasteiger partial charge in [0.2, 0.25) is 0 Å². The molecule has 17 heavy (non-hydrogen) atoms. The van der Waals surface area contributed by atoms with Crippen LogP contribution in [0.1, 0.15) is 22.3 Å². The third kappa shape index (κ3) is 2.96. The first-order chi connectivity index (χ1) is 8.22. The molecule has 1 amide bonds. The summed E-state index contributed by atoms with van der Waals surface area (Å²) in [6.07, 6.45) is 1.10. The first kappa shape index (κ1) is 12.8. The molecule has 1 aromatic carbocycles. The fourth-order valence-electron chi connectivity index (χ4n) is 1.93. The van der Waals surface area contributed by atoms with Crippen LogP contribution in [0.3, 0.4) is 0 Å². The molecule has 0 aliphatic carbocycles. The van der Waals surface area contributed by atoms with Crippen molar-refractivity contribution in [1.29, 1.82) is 0 Å². The van der Waals surface area contributed by atoms with E-state index < -0.39 is 0 Å². The lowest BCUT2D eigenvalue weighted by Gasteiger charge is -2.23. The van der Waals surface area contributed by atoms with E-state index in [-0.39, 0.29) is 5.91 Å². The summed E-state index contributed by atoms with van der Waals surface area (Å²) in [5, 5.41) is 0. The smallest absolute Gasteiger partial charge is 0.253 e. The number of hydrogen-bond acceptors (Lipinski definition) is 2. The Labute approximate surface area is 111 Å². The second-order valence-corrected chi connectivity index (χ2v) is 5.68. The molecule has 1 fully saturated rings. The van der Waals surface area contributed by atoms with E-state index in [9.17, 15) is 4.79 Å². The van der Waals surface area contributed by atoms with E-state index in [4.69, 9.17) is 11.6 Å². The number of amides is 1. The maximum Gasteiger partial charge on any atom is 0.253 e. The van der Waals surface area contributed by atoms with Gasteiger partial charge in [-0.3, -0.25) is 4.79 Å². The van der Waals surface area contributed by atoms with Crippen molar-refractivity contribution in [3.05, 3.63) is 35.4 Å². The second-order valence-electron chi connectivity index (χ2n) is 4.26. The highest BCUT2D eigenvalue weighted by molar-refractivity contribution is 7.99. The van der Waals surface area contributed by atoms with Gasteiger partial charge in [0.05, 0.1) is 0 Å². The molecular formula is C13H16ClNOS. The minimum atomic E-state index is 0.110. The minimum Gasteiger partial charge on any atom is -0.338 e. The Hall–Kier alpha value is -0.670. The molecule has 1 aliphatic rings. The molecule has 0 N–H and O–H groups in total. The SMILES string of the molecule is CN(C(=O)c1ccc(CCl)cc1)C1CCSC1. The largest absolute Gasteiger partial charge is 0.338 e. The molecule has 1 aliphatic heterocycles. The molecule has 0 radical (unpaired) electrons. The van der Waals surface area contributed by atoms with Crippen LogP contribution in [0.25, 0.3) is 0 Å². The van der Waals surface area contributed by atoms with Gasteiger partial charge in [-0.25, -0.2) is 0 Å². The van der Waals surface area contributed by atoms with Crippen molar-refractivity contribution in [3.63, 3.8) is 0 Å². The lowest BCUT2D eigenvalue weighted by molar-refractivity contribution is 0.0748. The number of thioether (sulfide) groups is 1. The number of benzene rings is 1. The third-order valence-corrected chi connectivity index (χ3v) is 4.58. The van der Waals surface area contributed by atoms with Crippen molar-refractivity contribution in [2.24, 2.45) is 0 Å². The maximum absolute atomic E-state index is 12.2. The second kappa shape index (κ2) is 5.78. The third-order valence-electron chi connectivity index (χ3n) is 3.13. The summed E-state index contributed by atoms with van der Waals surface area (Å²) in [4.78, 5) is 14.1. The molecule has 1 unspecified atom stereocenters. The normalized spacial score (nSPS) is 19.3. The molecule has 4 heteroatoms. The standard InChI is InChI=1S/C13H16ClNOS/c1-15(12-6-7-17-9-12)13(16)11-4-2-10(8-14)3-5-11/h2-5,12H,6-9H2,1H3. The molecule has 1 saturated heterocycles. The zero-order chi connectivity index (χ0) is 12.3. The Kier molecular flexibility index (Phi) is 4.35. The van der Waals surface area contributed by atoms with Crippen LogP contribution in [0.15, 0.2) is 24.3 Å². The number of halogens is 1. The monoisotopic (exact) mass is 269 g/mol. The number of hydrogen-bond donors (Lipinski definition) is 0. The molecule has 0 aromatic heterocycles. The first-order valence-corrected chi connectivity index (χ1v) is 7.41. The molecule has 0 saturated carbocycles. The first-order valence-electron chi connectivity index (χ1n) is 5.72. The Morgan fingerprint density at radius 3 is 2.71 bits per heavy atom. The van der Waals surface area contributed by atoms with Gasteiger partial charge >= 0.3 is 0 Å². The highest BCUT2D eigenvalue weighted by Gasteiger charge is 2.24. The van der Waals surface area contributed by atoms with Gasteiger partial charge in [0, 0.05) is 30.3 Å². The van der Waals surface area contributed by atoms with Crippen LogP contribution in [-0.4, -0.2) is 35.4 Å². The van der Waals surface area contributed by atoms with Gasteiger partial charge in [0.15, 0.2) is 0 Å². The van der Waals surface area contributed by atoms with Gasteiger partial charge in [0.1, 0.15) is 0 Å². The maximum atomic E-state index is 12.2. The van der Waals surface area contributed by atoms with Gasteiger partial charge in [-0.05, 0) is 29.9 Å². The number of carbonyl (C=O) groups is 1. The predicted molar refractivity (Wildman–Crippen MR) is 73.8 cm³/mol. The lowest BCUT2D eigenvalue weighted by Crippen LogP contribution is -2.36. The minimum absolute atomic E-state index is 0.110. The van der Waals surface area contributed by atoms with Crippen LogP contribution in [0.2, 0.25) is 0 Å². The van der Waals surface area contributed by atoms with E-state index in [1.54, 1.807) is 0 Å². The van der Waals surface area contributed by atoms with Crippen LogP contribution in [0, 0.1) is 0 Å². The average molecular weight is 270 g/mol. The summed E-state index contributed by atoms with van der Waals surface area (Å²) < 4.78 is 0. The fraction of sp³-hybridized carbons (Fsp3) is 0.462. The molecule has 1 atom stereocenters. The number of rotatable bonds is 3. The van der Waals surface area contributed by atoms with Crippen LogP contribution < -0.4 is 0 Å². The van der Waals surface area contributed by atoms with Gasteiger partial charge in [-0.1, -0.05) is 12.1 Å². The van der Waals surface area contributed by atoms with E-state index >= 15 is 0 Å². The van der Waals surface area contributed by atoms with Crippen LogP contribution in [0.4, 0.5) is 0 Å². The zero-order valence-corrected chi connectivity index (χ0v) is 11.4. The summed E-state index contributed by atoms with van der Waals surface area (Å²) >= 11 is 7.64. The molecule has 1 heterocycles.